The summed E-state index contributed by atoms with van der Waals surface area (Å²) in [7, 11) is -2.03. The molecule has 1 heterocycles. The Morgan fingerprint density at radius 3 is 2.56 bits per heavy atom. The van der Waals surface area contributed by atoms with Crippen molar-refractivity contribution >= 4 is 16.1 Å². The number of amides is 1. The van der Waals surface area contributed by atoms with E-state index in [1.54, 1.807) is 37.1 Å². The van der Waals surface area contributed by atoms with E-state index in [1.165, 1.54) is 4.31 Å². The molecule has 0 saturated carbocycles. The average molecular weight is 370 g/mol. The van der Waals surface area contributed by atoms with Gasteiger partial charge < -0.3 is 14.4 Å². The minimum Gasteiger partial charge on any atom is -0.496 e. The molecule has 1 aromatic carbocycles. The number of carbonyl (C=O) groups is 1. The molecule has 8 heteroatoms. The quantitative estimate of drug-likeness (QED) is 0.793. The Hall–Kier alpha value is -1.80. The molecule has 1 aliphatic heterocycles. The number of carbonyl (C=O) groups excluding carboxylic acids is 1. The first-order valence-electron chi connectivity index (χ1n) is 8.52. The summed E-state index contributed by atoms with van der Waals surface area (Å²) in [5.74, 6) is 0.686. The van der Waals surface area contributed by atoms with Crippen LogP contribution in [0, 0.1) is 0 Å². The van der Waals surface area contributed by atoms with E-state index in [4.69, 9.17) is 9.47 Å². The molecule has 140 valence electrons. The maximum atomic E-state index is 13.0. The van der Waals surface area contributed by atoms with E-state index >= 15 is 0 Å². The van der Waals surface area contributed by atoms with Crippen LogP contribution in [0.2, 0.25) is 0 Å². The molecule has 0 radical (unpaired) electrons. The summed E-state index contributed by atoms with van der Waals surface area (Å²) < 4.78 is 37.6. The average Bonchev–Trinajstić information content (AvgIpc) is 2.88. The highest BCUT2D eigenvalue weighted by molar-refractivity contribution is 7.89. The monoisotopic (exact) mass is 370 g/mol. The number of hydrogen-bond donors (Lipinski definition) is 0. The van der Waals surface area contributed by atoms with Crippen molar-refractivity contribution in [3.05, 3.63) is 23.8 Å². The fraction of sp³-hybridized carbons (Fsp3) is 0.588. The Kier molecular flexibility index (Phi) is 6.66. The Morgan fingerprint density at radius 2 is 1.92 bits per heavy atom. The van der Waals surface area contributed by atoms with Gasteiger partial charge in [0.1, 0.15) is 5.75 Å². The molecular formula is C17H26N2O5S. The van der Waals surface area contributed by atoms with Gasteiger partial charge in [0, 0.05) is 26.2 Å². The van der Waals surface area contributed by atoms with E-state index in [2.05, 4.69) is 0 Å². The number of benzene rings is 1. The molecule has 0 bridgehead atoms. The molecule has 0 aromatic heterocycles. The van der Waals surface area contributed by atoms with Crippen molar-refractivity contribution in [2.45, 2.75) is 31.6 Å². The number of ether oxygens (including phenoxy) is 2. The molecule has 2 rings (SSSR count). The van der Waals surface area contributed by atoms with E-state index in [-0.39, 0.29) is 17.5 Å². The van der Waals surface area contributed by atoms with Crippen LogP contribution in [0.25, 0.3) is 0 Å². The van der Waals surface area contributed by atoms with E-state index in [0.29, 0.717) is 44.8 Å². The van der Waals surface area contributed by atoms with Gasteiger partial charge in [0.05, 0.1) is 18.6 Å². The van der Waals surface area contributed by atoms with Gasteiger partial charge in [0.2, 0.25) is 10.0 Å². The van der Waals surface area contributed by atoms with Gasteiger partial charge in [-0.3, -0.25) is 0 Å². The lowest BCUT2D eigenvalue weighted by atomic mass is 10.1. The molecule has 1 fully saturated rings. The van der Waals surface area contributed by atoms with Crippen LogP contribution >= 0.6 is 0 Å². The van der Waals surface area contributed by atoms with Crippen molar-refractivity contribution in [1.82, 2.24) is 9.21 Å². The van der Waals surface area contributed by atoms with Crippen molar-refractivity contribution in [1.29, 1.82) is 0 Å². The van der Waals surface area contributed by atoms with Crippen LogP contribution in [0.1, 0.15) is 25.8 Å². The number of methoxy groups -OCH3 is 1. The van der Waals surface area contributed by atoms with Crippen molar-refractivity contribution in [3.8, 4) is 5.75 Å². The second kappa shape index (κ2) is 8.53. The summed E-state index contributed by atoms with van der Waals surface area (Å²) in [6, 6.07) is 4.93. The third-order valence-corrected chi connectivity index (χ3v) is 6.15. The minimum absolute atomic E-state index is 0.259. The fourth-order valence-corrected chi connectivity index (χ4v) is 4.39. The summed E-state index contributed by atoms with van der Waals surface area (Å²) in [6.07, 6.45) is 0.873. The van der Waals surface area contributed by atoms with E-state index < -0.39 is 10.0 Å². The highest BCUT2D eigenvalue weighted by Gasteiger charge is 2.29. The van der Waals surface area contributed by atoms with Gasteiger partial charge in [0.15, 0.2) is 0 Å². The summed E-state index contributed by atoms with van der Waals surface area (Å²) in [5.41, 5.74) is 0.853. The van der Waals surface area contributed by atoms with E-state index in [0.717, 1.165) is 5.56 Å². The Bertz CT molecular complexity index is 705. The van der Waals surface area contributed by atoms with Crippen LogP contribution in [0.15, 0.2) is 23.1 Å². The molecule has 1 aromatic rings. The van der Waals surface area contributed by atoms with E-state index in [1.807, 2.05) is 6.92 Å². The van der Waals surface area contributed by atoms with Gasteiger partial charge in [-0.2, -0.15) is 4.31 Å². The molecule has 0 spiro atoms. The van der Waals surface area contributed by atoms with Crippen LogP contribution in [0.3, 0.4) is 0 Å². The van der Waals surface area contributed by atoms with Crippen LogP contribution in [-0.2, 0) is 21.2 Å². The zero-order chi connectivity index (χ0) is 18.4. The first-order chi connectivity index (χ1) is 11.9. The van der Waals surface area contributed by atoms with Crippen molar-refractivity contribution in [2.24, 2.45) is 0 Å². The van der Waals surface area contributed by atoms with Gasteiger partial charge in [0.25, 0.3) is 0 Å². The number of aryl methyl sites for hydroxylation is 1. The Labute approximate surface area is 149 Å². The molecule has 1 saturated heterocycles. The Morgan fingerprint density at radius 1 is 1.16 bits per heavy atom. The molecule has 1 aliphatic rings. The summed E-state index contributed by atoms with van der Waals surface area (Å²) in [6.45, 7) is 5.48. The molecular weight excluding hydrogens is 344 g/mol. The van der Waals surface area contributed by atoms with Crippen molar-refractivity contribution in [2.75, 3.05) is 39.9 Å². The smallest absolute Gasteiger partial charge is 0.409 e. The number of hydrogen-bond acceptors (Lipinski definition) is 5. The number of sulfonamides is 1. The number of rotatable bonds is 5. The zero-order valence-electron chi connectivity index (χ0n) is 15.0. The summed E-state index contributed by atoms with van der Waals surface area (Å²) in [5, 5.41) is 0. The third-order valence-electron chi connectivity index (χ3n) is 4.25. The SMILES string of the molecule is CCOC(=O)N1CCCN(S(=O)(=O)c2ccc(OC)c(CC)c2)CC1. The molecule has 0 unspecified atom stereocenters. The lowest BCUT2D eigenvalue weighted by Gasteiger charge is -2.22. The lowest BCUT2D eigenvalue weighted by Crippen LogP contribution is -2.37. The molecule has 0 atom stereocenters. The predicted molar refractivity (Wildman–Crippen MR) is 94.3 cm³/mol. The van der Waals surface area contributed by atoms with Gasteiger partial charge in [-0.05, 0) is 43.5 Å². The highest BCUT2D eigenvalue weighted by atomic mass is 32.2. The number of nitrogens with zero attached hydrogens (tertiary/aromatic N) is 2. The predicted octanol–water partition coefficient (Wildman–Crippen LogP) is 2.11. The maximum Gasteiger partial charge on any atom is 0.409 e. The molecule has 0 N–H and O–H groups in total. The standard InChI is InChI=1S/C17H26N2O5S/c1-4-14-13-15(7-8-16(14)23-3)25(21,22)19-10-6-9-18(11-12-19)17(20)24-5-2/h7-8,13H,4-6,9-12H2,1-3H3. The van der Waals surface area contributed by atoms with Crippen LogP contribution in [0.4, 0.5) is 4.79 Å². The van der Waals surface area contributed by atoms with Crippen LogP contribution in [-0.4, -0.2) is 63.6 Å². The van der Waals surface area contributed by atoms with Gasteiger partial charge in [-0.25, -0.2) is 13.2 Å². The second-order valence-electron chi connectivity index (χ2n) is 5.77. The fourth-order valence-electron chi connectivity index (χ4n) is 2.87. The largest absolute Gasteiger partial charge is 0.496 e. The summed E-state index contributed by atoms with van der Waals surface area (Å²) >= 11 is 0. The second-order valence-corrected chi connectivity index (χ2v) is 7.71. The van der Waals surface area contributed by atoms with Crippen molar-refractivity contribution < 1.29 is 22.7 Å². The van der Waals surface area contributed by atoms with Crippen LogP contribution < -0.4 is 4.74 Å². The lowest BCUT2D eigenvalue weighted by molar-refractivity contribution is 0.109. The molecule has 7 nitrogen and oxygen atoms in total. The third kappa shape index (κ3) is 4.43. The minimum atomic E-state index is -3.61. The highest BCUT2D eigenvalue weighted by Crippen LogP contribution is 2.25. The molecule has 1 amide bonds. The van der Waals surface area contributed by atoms with E-state index in [9.17, 15) is 13.2 Å². The maximum absolute atomic E-state index is 13.0. The molecule has 0 aliphatic carbocycles. The zero-order valence-corrected chi connectivity index (χ0v) is 15.8. The van der Waals surface area contributed by atoms with Gasteiger partial charge in [-0.15, -0.1) is 0 Å². The first kappa shape index (κ1) is 19.5. The van der Waals surface area contributed by atoms with Crippen molar-refractivity contribution in [3.63, 3.8) is 0 Å². The normalized spacial score (nSPS) is 16.4. The molecule has 25 heavy (non-hydrogen) atoms. The first-order valence-corrected chi connectivity index (χ1v) is 9.96. The topological polar surface area (TPSA) is 76.2 Å². The summed E-state index contributed by atoms with van der Waals surface area (Å²) in [4.78, 5) is 13.7. The van der Waals surface area contributed by atoms with Gasteiger partial charge in [-0.1, -0.05) is 6.92 Å². The van der Waals surface area contributed by atoms with Crippen LogP contribution in [0.5, 0.6) is 5.75 Å². The Balaban J connectivity index is 2.18. The van der Waals surface area contributed by atoms with Gasteiger partial charge >= 0.3 is 6.09 Å².